The molecule has 0 aliphatic carbocycles. The van der Waals surface area contributed by atoms with E-state index in [4.69, 9.17) is 27.9 Å². The third-order valence-electron chi connectivity index (χ3n) is 3.61. The second kappa shape index (κ2) is 9.46. The molecule has 0 saturated carbocycles. The minimum atomic E-state index is -1.27. The maximum atomic E-state index is 12.5. The first-order chi connectivity index (χ1) is 12.4. The zero-order valence-corrected chi connectivity index (χ0v) is 15.6. The molecule has 0 heterocycles. The van der Waals surface area contributed by atoms with Crippen LogP contribution in [0.1, 0.15) is 41.7 Å². The first kappa shape index (κ1) is 20.1. The van der Waals surface area contributed by atoms with Crippen LogP contribution in [0, 0.1) is 0 Å². The Morgan fingerprint density at radius 1 is 1.15 bits per heavy atom. The second-order valence-electron chi connectivity index (χ2n) is 5.64. The van der Waals surface area contributed by atoms with Gasteiger partial charge in [-0.05, 0) is 42.3 Å². The van der Waals surface area contributed by atoms with Gasteiger partial charge in [0.1, 0.15) is 5.75 Å². The van der Waals surface area contributed by atoms with Crippen LogP contribution in [-0.4, -0.2) is 18.5 Å². The van der Waals surface area contributed by atoms with Gasteiger partial charge in [0, 0.05) is 17.4 Å². The van der Waals surface area contributed by atoms with Crippen molar-refractivity contribution < 1.29 is 19.4 Å². The van der Waals surface area contributed by atoms with E-state index in [-0.39, 0.29) is 17.0 Å². The molecular formula is C19H18Cl2NO4-. The highest BCUT2D eigenvalue weighted by atomic mass is 35.5. The Labute approximate surface area is 161 Å². The molecule has 0 aliphatic rings. The Bertz CT molecular complexity index is 778. The van der Waals surface area contributed by atoms with Gasteiger partial charge in [0.05, 0.1) is 23.2 Å². The number of amides is 1. The molecule has 2 aromatic rings. The highest BCUT2D eigenvalue weighted by Crippen LogP contribution is 2.24. The number of hydrogen-bond donors (Lipinski definition) is 1. The molecule has 0 saturated heterocycles. The second-order valence-corrected chi connectivity index (χ2v) is 6.49. The third kappa shape index (κ3) is 5.64. The lowest BCUT2D eigenvalue weighted by Gasteiger charge is -2.20. The number of nitrogens with one attached hydrogen (secondary N) is 1. The van der Waals surface area contributed by atoms with Crippen LogP contribution < -0.4 is 15.2 Å². The highest BCUT2D eigenvalue weighted by Gasteiger charge is 2.18. The molecule has 0 radical (unpaired) electrons. The van der Waals surface area contributed by atoms with Crippen molar-refractivity contribution >= 4 is 35.1 Å². The van der Waals surface area contributed by atoms with Crippen molar-refractivity contribution in [2.24, 2.45) is 0 Å². The lowest BCUT2D eigenvalue weighted by Crippen LogP contribution is -2.34. The lowest BCUT2D eigenvalue weighted by molar-refractivity contribution is -0.306. The molecule has 0 spiro atoms. The van der Waals surface area contributed by atoms with Crippen molar-refractivity contribution in [1.29, 1.82) is 0 Å². The summed E-state index contributed by atoms with van der Waals surface area (Å²) in [5, 5.41) is 14.4. The van der Waals surface area contributed by atoms with Crippen LogP contribution in [0.5, 0.6) is 5.75 Å². The fourth-order valence-electron chi connectivity index (χ4n) is 2.34. The molecule has 0 aliphatic heterocycles. The molecule has 0 fully saturated rings. The molecule has 5 nitrogen and oxygen atoms in total. The van der Waals surface area contributed by atoms with E-state index in [9.17, 15) is 14.7 Å². The molecule has 1 amide bonds. The number of benzene rings is 2. The van der Waals surface area contributed by atoms with Gasteiger partial charge in [0.2, 0.25) is 0 Å². The topological polar surface area (TPSA) is 78.5 Å². The third-order valence-corrected chi connectivity index (χ3v) is 4.16. The molecule has 138 valence electrons. The maximum Gasteiger partial charge on any atom is 0.253 e. The van der Waals surface area contributed by atoms with Gasteiger partial charge < -0.3 is 20.0 Å². The number of carboxylic acid groups (broad SMARTS) is 1. The monoisotopic (exact) mass is 394 g/mol. The fourth-order valence-corrected chi connectivity index (χ4v) is 2.84. The van der Waals surface area contributed by atoms with Crippen molar-refractivity contribution in [3.8, 4) is 5.75 Å². The summed E-state index contributed by atoms with van der Waals surface area (Å²) in [6, 6.07) is 10.6. The number of ether oxygens (including phenoxy) is 1. The van der Waals surface area contributed by atoms with Crippen LogP contribution in [0.4, 0.5) is 0 Å². The van der Waals surface area contributed by atoms with E-state index in [1.54, 1.807) is 24.3 Å². The first-order valence-corrected chi connectivity index (χ1v) is 8.84. The van der Waals surface area contributed by atoms with E-state index in [1.807, 2.05) is 6.92 Å². The smallest absolute Gasteiger partial charge is 0.253 e. The predicted molar refractivity (Wildman–Crippen MR) is 98.5 cm³/mol. The van der Waals surface area contributed by atoms with Gasteiger partial charge in [0.25, 0.3) is 5.91 Å². The Morgan fingerprint density at radius 3 is 2.42 bits per heavy atom. The van der Waals surface area contributed by atoms with Crippen LogP contribution in [-0.2, 0) is 4.79 Å². The fraction of sp³-hybridized carbons (Fsp3) is 0.263. The zero-order chi connectivity index (χ0) is 19.1. The molecule has 1 N–H and O–H groups in total. The number of aliphatic carboxylic acids is 1. The summed E-state index contributed by atoms with van der Waals surface area (Å²) in [4.78, 5) is 23.6. The van der Waals surface area contributed by atoms with Gasteiger partial charge in [-0.2, -0.15) is 0 Å². The predicted octanol–water partition coefficient (Wildman–Crippen LogP) is 3.39. The van der Waals surface area contributed by atoms with E-state index in [1.165, 1.54) is 18.2 Å². The summed E-state index contributed by atoms with van der Waals surface area (Å²) in [7, 11) is 0. The molecule has 1 unspecified atom stereocenters. The number of rotatable bonds is 8. The Hall–Kier alpha value is -2.24. The van der Waals surface area contributed by atoms with E-state index in [2.05, 4.69) is 5.32 Å². The summed E-state index contributed by atoms with van der Waals surface area (Å²) in [5.74, 6) is -1.09. The minimum Gasteiger partial charge on any atom is -0.550 e. The van der Waals surface area contributed by atoms with Gasteiger partial charge in [-0.3, -0.25) is 4.79 Å². The van der Waals surface area contributed by atoms with Crippen LogP contribution in [0.25, 0.3) is 0 Å². The van der Waals surface area contributed by atoms with Gasteiger partial charge in [-0.25, -0.2) is 0 Å². The average molecular weight is 395 g/mol. The van der Waals surface area contributed by atoms with Crippen LogP contribution >= 0.6 is 23.2 Å². The number of halogens is 2. The average Bonchev–Trinajstić information content (AvgIpc) is 2.59. The Balaban J connectivity index is 2.18. The van der Waals surface area contributed by atoms with Crippen molar-refractivity contribution in [3.63, 3.8) is 0 Å². The summed E-state index contributed by atoms with van der Waals surface area (Å²) in [6.07, 6.45) is 0.513. The largest absolute Gasteiger partial charge is 0.550 e. The Morgan fingerprint density at radius 2 is 1.85 bits per heavy atom. The Kier molecular flexibility index (Phi) is 7.30. The molecular weight excluding hydrogens is 377 g/mol. The summed E-state index contributed by atoms with van der Waals surface area (Å²) in [6.45, 7) is 2.59. The summed E-state index contributed by atoms with van der Waals surface area (Å²) in [5.41, 5.74) is 0.832. The molecule has 0 bridgehead atoms. The number of carbonyl (C=O) groups excluding carboxylic acids is 2. The molecule has 7 heteroatoms. The van der Waals surface area contributed by atoms with Gasteiger partial charge in [-0.1, -0.05) is 42.3 Å². The molecule has 0 aromatic heterocycles. The molecule has 26 heavy (non-hydrogen) atoms. The van der Waals surface area contributed by atoms with Gasteiger partial charge >= 0.3 is 0 Å². The first-order valence-electron chi connectivity index (χ1n) is 8.09. The molecule has 2 aromatic carbocycles. The van der Waals surface area contributed by atoms with Crippen molar-refractivity contribution in [2.75, 3.05) is 6.61 Å². The quantitative estimate of drug-likeness (QED) is 0.743. The van der Waals surface area contributed by atoms with Gasteiger partial charge in [0.15, 0.2) is 0 Å². The van der Waals surface area contributed by atoms with Gasteiger partial charge in [-0.15, -0.1) is 0 Å². The zero-order valence-electron chi connectivity index (χ0n) is 14.1. The van der Waals surface area contributed by atoms with E-state index in [0.717, 1.165) is 6.42 Å². The van der Waals surface area contributed by atoms with E-state index < -0.39 is 17.9 Å². The standard InChI is InChI=1S/C19H19Cl2NO4/c1-2-9-26-14-6-3-12(4-7-14)17(11-18(23)24)22-19(25)15-8-5-13(20)10-16(15)21/h3-8,10,17H,2,9,11H2,1H3,(H,22,25)(H,23,24)/p-1. The normalized spacial score (nSPS) is 11.7. The maximum absolute atomic E-state index is 12.5. The SMILES string of the molecule is CCCOc1ccc(C(CC(=O)[O-])NC(=O)c2ccc(Cl)cc2Cl)cc1. The van der Waals surface area contributed by atoms with Crippen LogP contribution in [0.15, 0.2) is 42.5 Å². The lowest BCUT2D eigenvalue weighted by atomic mass is 10.0. The van der Waals surface area contributed by atoms with Crippen molar-refractivity contribution in [1.82, 2.24) is 5.32 Å². The molecule has 1 atom stereocenters. The highest BCUT2D eigenvalue weighted by molar-refractivity contribution is 6.36. The molecule has 2 rings (SSSR count). The van der Waals surface area contributed by atoms with Crippen molar-refractivity contribution in [3.05, 3.63) is 63.6 Å². The van der Waals surface area contributed by atoms with Crippen LogP contribution in [0.2, 0.25) is 10.0 Å². The van der Waals surface area contributed by atoms with E-state index >= 15 is 0 Å². The van der Waals surface area contributed by atoms with Crippen LogP contribution in [0.3, 0.4) is 0 Å². The minimum absolute atomic E-state index is 0.186. The number of hydrogen-bond acceptors (Lipinski definition) is 4. The number of carboxylic acids is 1. The summed E-state index contributed by atoms with van der Waals surface area (Å²) >= 11 is 11.9. The number of carbonyl (C=O) groups is 2. The van der Waals surface area contributed by atoms with Crippen molar-refractivity contribution in [2.45, 2.75) is 25.8 Å². The van der Waals surface area contributed by atoms with E-state index in [0.29, 0.717) is 22.9 Å². The summed E-state index contributed by atoms with van der Waals surface area (Å²) < 4.78 is 5.50.